The Hall–Kier alpha value is -2.31. The van der Waals surface area contributed by atoms with Gasteiger partial charge in [0.05, 0.1) is 12.0 Å². The van der Waals surface area contributed by atoms with Gasteiger partial charge in [0.25, 0.3) is 5.97 Å². The molecule has 5 saturated carbocycles. The summed E-state index contributed by atoms with van der Waals surface area (Å²) in [6.07, 6.45) is 15.9. The number of rotatable bonds is 0. The summed E-state index contributed by atoms with van der Waals surface area (Å²) in [4.78, 5) is 30.4. The summed E-state index contributed by atoms with van der Waals surface area (Å²) in [5.41, 5.74) is 9.46. The van der Waals surface area contributed by atoms with Crippen LogP contribution in [-0.4, -0.2) is 33.2 Å². The van der Waals surface area contributed by atoms with E-state index in [-0.39, 0.29) is 5.41 Å². The first kappa shape index (κ1) is 32.6. The Bertz CT molecular complexity index is 1220. The third kappa shape index (κ3) is 4.72. The molecular weight excluding hydrogens is 524 g/mol. The zero-order chi connectivity index (χ0) is 31.5. The Morgan fingerprint density at radius 3 is 1.90 bits per heavy atom. The van der Waals surface area contributed by atoms with Crippen molar-refractivity contribution in [3.63, 3.8) is 0 Å². The molecule has 6 aliphatic carbocycles. The molecule has 6 aliphatic rings. The summed E-state index contributed by atoms with van der Waals surface area (Å²) < 4.78 is 0. The third-order valence-electron chi connectivity index (χ3n) is 13.5. The molecule has 1 heterocycles. The molecule has 2 spiro atoms. The monoisotopic (exact) mass is 580 g/mol. The number of hydrogen-bond donors (Lipinski definition) is 3. The molecule has 7 rings (SSSR count). The molecule has 6 unspecified atom stereocenters. The molecule has 0 radical (unpaired) electrons. The van der Waals surface area contributed by atoms with Gasteiger partial charge >= 0.3 is 0 Å². The summed E-state index contributed by atoms with van der Waals surface area (Å²) in [7, 11) is 0. The van der Waals surface area contributed by atoms with Gasteiger partial charge in [-0.15, -0.1) is 0 Å². The van der Waals surface area contributed by atoms with Crippen molar-refractivity contribution in [2.24, 2.45) is 56.0 Å². The number of aliphatic carboxylic acids is 1. The highest BCUT2D eigenvalue weighted by Crippen LogP contribution is 2.77. The van der Waals surface area contributed by atoms with Gasteiger partial charge in [0.15, 0.2) is 0 Å². The van der Waals surface area contributed by atoms with Gasteiger partial charge in [-0.2, -0.15) is 0 Å². The molecular formula is C35H56N4O3. The first-order chi connectivity index (χ1) is 19.3. The maximum Gasteiger partial charge on any atom is 0.300 e. The van der Waals surface area contributed by atoms with Crippen molar-refractivity contribution in [3.8, 4) is 0 Å². The normalized spacial score (nSPS) is 37.7. The van der Waals surface area contributed by atoms with Crippen molar-refractivity contribution >= 4 is 18.1 Å². The first-order valence-corrected chi connectivity index (χ1v) is 16.1. The molecule has 1 aromatic rings. The second-order valence-electron chi connectivity index (χ2n) is 16.7. The maximum atomic E-state index is 12.4. The minimum atomic E-state index is -0.833. The summed E-state index contributed by atoms with van der Waals surface area (Å²) in [6, 6.07) is 0. The molecule has 6 atom stereocenters. The van der Waals surface area contributed by atoms with E-state index < -0.39 is 5.97 Å². The van der Waals surface area contributed by atoms with Gasteiger partial charge in [-0.05, 0) is 101 Å². The number of ketones is 1. The van der Waals surface area contributed by atoms with E-state index in [1.165, 1.54) is 49.8 Å². The van der Waals surface area contributed by atoms with Gasteiger partial charge in [0.1, 0.15) is 12.1 Å². The molecule has 0 saturated heterocycles. The van der Waals surface area contributed by atoms with Crippen LogP contribution in [0.25, 0.3) is 0 Å². The van der Waals surface area contributed by atoms with Gasteiger partial charge in [0.2, 0.25) is 0 Å². The Labute approximate surface area is 253 Å². The maximum absolute atomic E-state index is 12.4. The second kappa shape index (κ2) is 10.7. The lowest BCUT2D eigenvalue weighted by molar-refractivity contribution is -0.146. The Morgan fingerprint density at radius 2 is 1.40 bits per heavy atom. The van der Waals surface area contributed by atoms with E-state index in [4.69, 9.17) is 20.3 Å². The van der Waals surface area contributed by atoms with Gasteiger partial charge in [0, 0.05) is 31.4 Å². The predicted molar refractivity (Wildman–Crippen MR) is 167 cm³/mol. The van der Waals surface area contributed by atoms with Crippen LogP contribution in [0.4, 0.5) is 0 Å². The minimum Gasteiger partial charge on any atom is -0.481 e. The number of fused-ring (bicyclic) bond motifs is 4. The number of aromatic nitrogens is 2. The zero-order valence-corrected chi connectivity index (χ0v) is 27.6. The van der Waals surface area contributed by atoms with Gasteiger partial charge in [-0.3, -0.25) is 15.0 Å². The van der Waals surface area contributed by atoms with E-state index in [1.807, 2.05) is 0 Å². The number of nitrogens with two attached hydrogens (primary N) is 1. The Morgan fingerprint density at radius 1 is 0.929 bits per heavy atom. The van der Waals surface area contributed by atoms with Crippen molar-refractivity contribution in [2.75, 3.05) is 0 Å². The van der Waals surface area contributed by atoms with E-state index >= 15 is 0 Å². The van der Waals surface area contributed by atoms with Gasteiger partial charge < -0.3 is 10.8 Å². The van der Waals surface area contributed by atoms with E-state index in [2.05, 4.69) is 72.3 Å². The lowest BCUT2D eigenvalue weighted by atomic mass is 9.49. The molecule has 7 nitrogen and oxygen atoms in total. The predicted octanol–water partition coefficient (Wildman–Crippen LogP) is 7.43. The molecule has 42 heavy (non-hydrogen) atoms. The van der Waals surface area contributed by atoms with Crippen LogP contribution in [0.15, 0.2) is 12.5 Å². The lowest BCUT2D eigenvalue weighted by Crippen LogP contribution is -2.52. The van der Waals surface area contributed by atoms with Crippen molar-refractivity contribution in [2.45, 2.75) is 126 Å². The number of carboxylic acid groups (broad SMARTS) is 1. The number of hydrogen-bond acceptors (Lipinski definition) is 5. The summed E-state index contributed by atoms with van der Waals surface area (Å²) >= 11 is 0. The van der Waals surface area contributed by atoms with Crippen LogP contribution in [0, 0.1) is 55.7 Å². The molecule has 4 N–H and O–H groups in total. The van der Waals surface area contributed by atoms with Crippen LogP contribution >= 0.6 is 0 Å². The average Bonchev–Trinajstić information content (AvgIpc) is 3.60. The fourth-order valence-electron chi connectivity index (χ4n) is 11.4. The average molecular weight is 581 g/mol. The molecule has 7 heteroatoms. The second-order valence-corrected chi connectivity index (χ2v) is 16.7. The van der Waals surface area contributed by atoms with Crippen LogP contribution in [0.2, 0.25) is 0 Å². The summed E-state index contributed by atoms with van der Waals surface area (Å²) in [6.45, 7) is 20.5. The Balaban J connectivity index is 0.000000160. The standard InChI is InChI=1S/C17H24N2.C15H24O.C2H4O2.CH4N2/c1-15(2)7-11-9-18-10-19-13(11)14-16(3,4)12-5-6-17(14,15)8-12;1-13(2)7-6-11(16)12-14(3,4)10-5-8-15(12,13)9-10;1-2(3)4;2-1-3/h9-10,12,14H,5-8H2,1-4H3;10,12H,5-9H2,1-4H3;1H3,(H,3,4);1H,(H3,2,3). The van der Waals surface area contributed by atoms with Crippen LogP contribution in [0.5, 0.6) is 0 Å². The first-order valence-electron chi connectivity index (χ1n) is 16.1. The van der Waals surface area contributed by atoms with E-state index in [0.29, 0.717) is 44.7 Å². The number of carbonyl (C=O) groups is 2. The number of carboxylic acids is 1. The number of carbonyl (C=O) groups excluding carboxylic acids is 1. The number of nitrogens with one attached hydrogen (secondary N) is 1. The fraction of sp³-hybridized carbons (Fsp3) is 0.800. The van der Waals surface area contributed by atoms with Gasteiger partial charge in [-0.1, -0.05) is 55.4 Å². The molecule has 4 bridgehead atoms. The highest BCUT2D eigenvalue weighted by molar-refractivity contribution is 5.84. The zero-order valence-electron chi connectivity index (χ0n) is 27.6. The smallest absolute Gasteiger partial charge is 0.300 e. The molecule has 5 fully saturated rings. The SMILES string of the molecule is CC(=O)O.CC1(C)C2CCC3(C2)C1C(=O)CCC3(C)C.CC1(C)C2CCC3(C2)C1c1ncncc1CC3(C)C.N=CN. The van der Waals surface area contributed by atoms with Crippen molar-refractivity contribution < 1.29 is 14.7 Å². The van der Waals surface area contributed by atoms with Gasteiger partial charge in [-0.25, -0.2) is 9.97 Å². The van der Waals surface area contributed by atoms with Crippen molar-refractivity contribution in [3.05, 3.63) is 23.8 Å². The summed E-state index contributed by atoms with van der Waals surface area (Å²) in [5, 5.41) is 13.3. The molecule has 0 aliphatic heterocycles. The lowest BCUT2D eigenvalue weighted by Gasteiger charge is -2.55. The van der Waals surface area contributed by atoms with Crippen molar-refractivity contribution in [1.29, 1.82) is 5.41 Å². The Kier molecular flexibility index (Phi) is 8.30. The number of nitrogens with zero attached hydrogens (tertiary/aromatic N) is 2. The van der Waals surface area contributed by atoms with E-state index in [0.717, 1.165) is 44.4 Å². The van der Waals surface area contributed by atoms with Crippen LogP contribution in [0.3, 0.4) is 0 Å². The van der Waals surface area contributed by atoms with Crippen LogP contribution in [0.1, 0.15) is 131 Å². The topological polar surface area (TPSA) is 130 Å². The quantitative estimate of drug-likeness (QED) is 0.216. The van der Waals surface area contributed by atoms with Crippen molar-refractivity contribution in [1.82, 2.24) is 9.97 Å². The van der Waals surface area contributed by atoms with E-state index in [1.54, 1.807) is 6.33 Å². The largest absolute Gasteiger partial charge is 0.481 e. The molecule has 1 aromatic heterocycles. The van der Waals surface area contributed by atoms with Crippen LogP contribution in [-0.2, 0) is 16.0 Å². The molecule has 234 valence electrons. The fourth-order valence-corrected chi connectivity index (χ4v) is 11.4. The number of Topliss-reactive ketones (excluding diaryl/α,β-unsaturated/α-hetero) is 1. The van der Waals surface area contributed by atoms with Crippen LogP contribution < -0.4 is 5.73 Å². The third-order valence-corrected chi connectivity index (χ3v) is 13.5. The highest BCUT2D eigenvalue weighted by atomic mass is 16.4. The highest BCUT2D eigenvalue weighted by Gasteiger charge is 2.70. The molecule has 0 aromatic carbocycles. The summed E-state index contributed by atoms with van der Waals surface area (Å²) in [5.74, 6) is 2.44. The minimum absolute atomic E-state index is 0.271. The molecule has 0 amide bonds. The van der Waals surface area contributed by atoms with E-state index in [9.17, 15) is 4.79 Å².